The Hall–Kier alpha value is -0.0400. The van der Waals surface area contributed by atoms with E-state index >= 15 is 0 Å². The zero-order valence-corrected chi connectivity index (χ0v) is 10.6. The second-order valence-corrected chi connectivity index (χ2v) is 5.01. The molecular formula is C14H28O. The van der Waals surface area contributed by atoms with Crippen LogP contribution >= 0.6 is 0 Å². The minimum absolute atomic E-state index is 0.590. The smallest absolute Gasteiger partial charge is 0.0575 e. The Labute approximate surface area is 95.6 Å². The summed E-state index contributed by atoms with van der Waals surface area (Å²) < 4.78 is 5.81. The highest BCUT2D eigenvalue weighted by atomic mass is 16.5. The minimum Gasteiger partial charge on any atom is -0.378 e. The first-order chi connectivity index (χ1) is 7.36. The number of unbranched alkanes of at least 4 members (excludes halogenated alkanes) is 2. The van der Waals surface area contributed by atoms with Crippen molar-refractivity contribution in [1.82, 2.24) is 0 Å². The Morgan fingerprint density at radius 3 is 2.27 bits per heavy atom. The van der Waals surface area contributed by atoms with Crippen molar-refractivity contribution in [3.05, 3.63) is 0 Å². The van der Waals surface area contributed by atoms with Crippen molar-refractivity contribution in [2.75, 3.05) is 6.61 Å². The molecule has 15 heavy (non-hydrogen) atoms. The van der Waals surface area contributed by atoms with E-state index < -0.39 is 0 Å². The molecule has 0 spiro atoms. The first-order valence-corrected chi connectivity index (χ1v) is 6.98. The van der Waals surface area contributed by atoms with Gasteiger partial charge in [-0.15, -0.1) is 0 Å². The van der Waals surface area contributed by atoms with Gasteiger partial charge in [0.25, 0.3) is 0 Å². The second-order valence-electron chi connectivity index (χ2n) is 5.01. The molecule has 1 fully saturated rings. The molecule has 0 heterocycles. The summed E-state index contributed by atoms with van der Waals surface area (Å²) in [4.78, 5) is 0. The summed E-state index contributed by atoms with van der Waals surface area (Å²) in [5.41, 5.74) is 0. The lowest BCUT2D eigenvalue weighted by Gasteiger charge is -2.28. The third kappa shape index (κ3) is 5.55. The van der Waals surface area contributed by atoms with Gasteiger partial charge in [-0.2, -0.15) is 0 Å². The maximum absolute atomic E-state index is 5.81. The van der Waals surface area contributed by atoms with E-state index in [2.05, 4.69) is 13.8 Å². The fraction of sp³-hybridized carbons (Fsp3) is 1.00. The molecular weight excluding hydrogens is 184 g/mol. The lowest BCUT2D eigenvalue weighted by Crippen LogP contribution is -2.22. The van der Waals surface area contributed by atoms with Gasteiger partial charge < -0.3 is 4.74 Å². The maximum atomic E-state index is 5.81. The second kappa shape index (κ2) is 8.15. The Kier molecular flexibility index (Phi) is 7.08. The summed E-state index contributed by atoms with van der Waals surface area (Å²) in [6.07, 6.45) is 12.9. The summed E-state index contributed by atoms with van der Waals surface area (Å²) in [5.74, 6) is 1.01. The predicted octanol–water partition coefficient (Wildman–Crippen LogP) is 4.55. The molecule has 0 N–H and O–H groups in total. The SMILES string of the molecule is CCCCC[C@H]1CC[C@H](OCCC)CC1. The van der Waals surface area contributed by atoms with Gasteiger partial charge in [0, 0.05) is 6.61 Å². The van der Waals surface area contributed by atoms with Crippen LogP contribution < -0.4 is 0 Å². The van der Waals surface area contributed by atoms with E-state index in [9.17, 15) is 0 Å². The monoisotopic (exact) mass is 212 g/mol. The normalized spacial score (nSPS) is 26.8. The van der Waals surface area contributed by atoms with Crippen molar-refractivity contribution < 1.29 is 4.74 Å². The molecule has 0 aromatic carbocycles. The number of ether oxygens (including phenoxy) is 1. The standard InChI is InChI=1S/C14H28O/c1-3-5-6-7-13-8-10-14(11-9-13)15-12-4-2/h13-14H,3-12H2,1-2H3/t13-,14-. The van der Waals surface area contributed by atoms with Crippen molar-refractivity contribution in [3.8, 4) is 0 Å². The molecule has 0 aromatic heterocycles. The van der Waals surface area contributed by atoms with Crippen molar-refractivity contribution >= 4 is 0 Å². The van der Waals surface area contributed by atoms with Crippen LogP contribution in [0.15, 0.2) is 0 Å². The summed E-state index contributed by atoms with van der Waals surface area (Å²) in [6, 6.07) is 0. The van der Waals surface area contributed by atoms with Gasteiger partial charge in [0.2, 0.25) is 0 Å². The van der Waals surface area contributed by atoms with Crippen LogP contribution in [-0.4, -0.2) is 12.7 Å². The maximum Gasteiger partial charge on any atom is 0.0575 e. The van der Waals surface area contributed by atoms with Crippen LogP contribution in [0.1, 0.15) is 71.6 Å². The molecule has 1 saturated carbocycles. The third-order valence-electron chi connectivity index (χ3n) is 3.57. The molecule has 1 nitrogen and oxygen atoms in total. The lowest BCUT2D eigenvalue weighted by molar-refractivity contribution is 0.0174. The highest BCUT2D eigenvalue weighted by Crippen LogP contribution is 2.29. The van der Waals surface area contributed by atoms with Gasteiger partial charge in [0.15, 0.2) is 0 Å². The fourth-order valence-corrected chi connectivity index (χ4v) is 2.55. The molecule has 0 aromatic rings. The van der Waals surface area contributed by atoms with Crippen LogP contribution in [-0.2, 0) is 4.74 Å². The molecule has 1 rings (SSSR count). The average molecular weight is 212 g/mol. The van der Waals surface area contributed by atoms with Crippen molar-refractivity contribution in [2.24, 2.45) is 5.92 Å². The van der Waals surface area contributed by atoms with E-state index in [1.165, 1.54) is 51.4 Å². The van der Waals surface area contributed by atoms with E-state index in [4.69, 9.17) is 4.74 Å². The first kappa shape index (κ1) is 13.0. The molecule has 0 atom stereocenters. The van der Waals surface area contributed by atoms with Crippen LogP contribution in [0.2, 0.25) is 0 Å². The highest BCUT2D eigenvalue weighted by molar-refractivity contribution is 4.72. The summed E-state index contributed by atoms with van der Waals surface area (Å²) in [5, 5.41) is 0. The highest BCUT2D eigenvalue weighted by Gasteiger charge is 2.20. The molecule has 0 saturated heterocycles. The van der Waals surface area contributed by atoms with Crippen LogP contribution in [0.4, 0.5) is 0 Å². The first-order valence-electron chi connectivity index (χ1n) is 6.98. The van der Waals surface area contributed by atoms with Crippen molar-refractivity contribution in [3.63, 3.8) is 0 Å². The van der Waals surface area contributed by atoms with Gasteiger partial charge in [-0.3, -0.25) is 0 Å². The Morgan fingerprint density at radius 2 is 1.67 bits per heavy atom. The molecule has 1 aliphatic rings. The van der Waals surface area contributed by atoms with Gasteiger partial charge in [-0.1, -0.05) is 39.5 Å². The summed E-state index contributed by atoms with van der Waals surface area (Å²) in [7, 11) is 0. The van der Waals surface area contributed by atoms with E-state index in [1.54, 1.807) is 0 Å². The van der Waals surface area contributed by atoms with Crippen LogP contribution in [0, 0.1) is 5.92 Å². The fourth-order valence-electron chi connectivity index (χ4n) is 2.55. The quantitative estimate of drug-likeness (QED) is 0.562. The molecule has 0 bridgehead atoms. The zero-order chi connectivity index (χ0) is 10.9. The molecule has 1 aliphatic carbocycles. The average Bonchev–Trinajstić information content (AvgIpc) is 2.28. The molecule has 0 radical (unpaired) electrons. The largest absolute Gasteiger partial charge is 0.378 e. The van der Waals surface area contributed by atoms with E-state index in [0.717, 1.165) is 18.9 Å². The Morgan fingerprint density at radius 1 is 0.933 bits per heavy atom. The van der Waals surface area contributed by atoms with Crippen molar-refractivity contribution in [2.45, 2.75) is 77.7 Å². The molecule has 0 aliphatic heterocycles. The predicted molar refractivity (Wildman–Crippen MR) is 66.1 cm³/mol. The van der Waals surface area contributed by atoms with E-state index in [0.29, 0.717) is 6.10 Å². The van der Waals surface area contributed by atoms with E-state index in [1.807, 2.05) is 0 Å². The van der Waals surface area contributed by atoms with Gasteiger partial charge in [-0.05, 0) is 38.0 Å². The Bertz CT molecular complexity index is 136. The minimum atomic E-state index is 0.590. The van der Waals surface area contributed by atoms with Crippen LogP contribution in [0.25, 0.3) is 0 Å². The molecule has 0 amide bonds. The van der Waals surface area contributed by atoms with Gasteiger partial charge in [-0.25, -0.2) is 0 Å². The number of rotatable bonds is 7. The topological polar surface area (TPSA) is 9.23 Å². The molecule has 90 valence electrons. The number of hydrogen-bond donors (Lipinski definition) is 0. The summed E-state index contributed by atoms with van der Waals surface area (Å²) in [6.45, 7) is 5.44. The zero-order valence-electron chi connectivity index (χ0n) is 10.6. The van der Waals surface area contributed by atoms with Gasteiger partial charge in [0.05, 0.1) is 6.10 Å². The molecule has 0 unspecified atom stereocenters. The van der Waals surface area contributed by atoms with Crippen LogP contribution in [0.3, 0.4) is 0 Å². The third-order valence-corrected chi connectivity index (χ3v) is 3.57. The van der Waals surface area contributed by atoms with Crippen LogP contribution in [0.5, 0.6) is 0 Å². The Balaban J connectivity index is 2.02. The number of hydrogen-bond acceptors (Lipinski definition) is 1. The molecule has 1 heteroatoms. The van der Waals surface area contributed by atoms with Crippen molar-refractivity contribution in [1.29, 1.82) is 0 Å². The lowest BCUT2D eigenvalue weighted by atomic mass is 9.84. The van der Waals surface area contributed by atoms with Gasteiger partial charge in [0.1, 0.15) is 0 Å². The van der Waals surface area contributed by atoms with Gasteiger partial charge >= 0.3 is 0 Å². The summed E-state index contributed by atoms with van der Waals surface area (Å²) >= 11 is 0. The van der Waals surface area contributed by atoms with E-state index in [-0.39, 0.29) is 0 Å².